The first kappa shape index (κ1) is 18.5. The van der Waals surface area contributed by atoms with Gasteiger partial charge in [-0.2, -0.15) is 0 Å². The molecular weight excluding hydrogens is 354 g/mol. The van der Waals surface area contributed by atoms with Crippen molar-refractivity contribution in [2.24, 2.45) is 5.41 Å². The normalized spacial score (nSPS) is 25.9. The molecule has 2 amide bonds. The van der Waals surface area contributed by atoms with Crippen LogP contribution in [0, 0.1) is 19.3 Å². The van der Waals surface area contributed by atoms with Gasteiger partial charge in [0.1, 0.15) is 17.3 Å². The fourth-order valence-electron chi connectivity index (χ4n) is 4.72. The Labute approximate surface area is 164 Å². The SMILES string of the molecule is Cc1cccc(NC(=O)C23CCCC(NC(=O)c4ccnc(C)n4)(CC2)C3)n1. The van der Waals surface area contributed by atoms with Gasteiger partial charge >= 0.3 is 0 Å². The summed E-state index contributed by atoms with van der Waals surface area (Å²) in [6.07, 6.45) is 6.48. The molecule has 0 saturated heterocycles. The molecule has 2 bridgehead atoms. The molecule has 2 fully saturated rings. The van der Waals surface area contributed by atoms with Crippen molar-refractivity contribution in [3.63, 3.8) is 0 Å². The lowest BCUT2D eigenvalue weighted by Gasteiger charge is -2.39. The molecule has 2 atom stereocenters. The Hall–Kier alpha value is -2.83. The second-order valence-electron chi connectivity index (χ2n) is 8.15. The molecule has 0 aliphatic heterocycles. The van der Waals surface area contributed by atoms with Crippen molar-refractivity contribution >= 4 is 17.6 Å². The van der Waals surface area contributed by atoms with Gasteiger partial charge in [-0.1, -0.05) is 12.5 Å². The molecule has 0 radical (unpaired) electrons. The first-order valence-electron chi connectivity index (χ1n) is 9.77. The highest BCUT2D eigenvalue weighted by atomic mass is 16.2. The van der Waals surface area contributed by atoms with Gasteiger partial charge < -0.3 is 10.6 Å². The molecule has 0 spiro atoms. The summed E-state index contributed by atoms with van der Waals surface area (Å²) in [7, 11) is 0. The number of pyridine rings is 1. The molecule has 0 aromatic carbocycles. The molecule has 7 nitrogen and oxygen atoms in total. The van der Waals surface area contributed by atoms with Gasteiger partial charge in [0.15, 0.2) is 0 Å². The van der Waals surface area contributed by atoms with Crippen molar-refractivity contribution in [3.05, 3.63) is 47.7 Å². The van der Waals surface area contributed by atoms with Crippen LogP contribution in [0.2, 0.25) is 0 Å². The van der Waals surface area contributed by atoms with E-state index < -0.39 is 5.41 Å². The van der Waals surface area contributed by atoms with E-state index in [1.165, 1.54) is 0 Å². The fraction of sp³-hybridized carbons (Fsp3) is 0.476. The Kier molecular flexibility index (Phi) is 4.61. The van der Waals surface area contributed by atoms with E-state index in [1.54, 1.807) is 19.2 Å². The molecule has 28 heavy (non-hydrogen) atoms. The highest BCUT2D eigenvalue weighted by Crippen LogP contribution is 2.54. The van der Waals surface area contributed by atoms with Gasteiger partial charge in [-0.3, -0.25) is 9.59 Å². The van der Waals surface area contributed by atoms with Crippen LogP contribution in [0.15, 0.2) is 30.5 Å². The molecule has 146 valence electrons. The van der Waals surface area contributed by atoms with Crippen molar-refractivity contribution in [2.75, 3.05) is 5.32 Å². The predicted octanol–water partition coefficient (Wildman–Crippen LogP) is 2.95. The number of amides is 2. The average molecular weight is 379 g/mol. The first-order chi connectivity index (χ1) is 13.4. The molecule has 2 aliphatic rings. The quantitative estimate of drug-likeness (QED) is 0.851. The minimum Gasteiger partial charge on any atom is -0.345 e. The maximum absolute atomic E-state index is 13.1. The number of rotatable bonds is 4. The summed E-state index contributed by atoms with van der Waals surface area (Å²) in [6.45, 7) is 3.67. The number of carbonyl (C=O) groups is 2. The van der Waals surface area contributed by atoms with Crippen LogP contribution in [0.25, 0.3) is 0 Å². The molecule has 2 heterocycles. The van der Waals surface area contributed by atoms with E-state index in [-0.39, 0.29) is 17.4 Å². The van der Waals surface area contributed by atoms with Gasteiger partial charge in [-0.15, -0.1) is 0 Å². The van der Waals surface area contributed by atoms with E-state index in [1.807, 2.05) is 25.1 Å². The second-order valence-corrected chi connectivity index (χ2v) is 8.15. The minimum absolute atomic E-state index is 0.0132. The highest BCUT2D eigenvalue weighted by Gasteiger charge is 2.55. The van der Waals surface area contributed by atoms with E-state index in [0.717, 1.165) is 37.8 Å². The Morgan fingerprint density at radius 2 is 1.89 bits per heavy atom. The zero-order valence-corrected chi connectivity index (χ0v) is 16.3. The number of carbonyl (C=O) groups excluding carboxylic acids is 2. The lowest BCUT2D eigenvalue weighted by Crippen LogP contribution is -2.51. The predicted molar refractivity (Wildman–Crippen MR) is 105 cm³/mol. The van der Waals surface area contributed by atoms with Crippen LogP contribution in [0.5, 0.6) is 0 Å². The number of nitrogens with zero attached hydrogens (tertiary/aromatic N) is 3. The number of aryl methyl sites for hydroxylation is 2. The van der Waals surface area contributed by atoms with Crippen LogP contribution in [0.3, 0.4) is 0 Å². The smallest absolute Gasteiger partial charge is 0.270 e. The number of fused-ring (bicyclic) bond motifs is 2. The number of hydrogen-bond acceptors (Lipinski definition) is 5. The van der Waals surface area contributed by atoms with Crippen molar-refractivity contribution in [2.45, 2.75) is 57.9 Å². The minimum atomic E-state index is -0.446. The number of hydrogen-bond donors (Lipinski definition) is 2. The summed E-state index contributed by atoms with van der Waals surface area (Å²) in [6, 6.07) is 7.23. The molecular formula is C21H25N5O2. The number of aromatic nitrogens is 3. The monoisotopic (exact) mass is 379 g/mol. The summed E-state index contributed by atoms with van der Waals surface area (Å²) < 4.78 is 0. The summed E-state index contributed by atoms with van der Waals surface area (Å²) in [4.78, 5) is 38.5. The number of anilines is 1. The lowest BCUT2D eigenvalue weighted by molar-refractivity contribution is -0.126. The van der Waals surface area contributed by atoms with Crippen LogP contribution in [-0.4, -0.2) is 32.3 Å². The van der Waals surface area contributed by atoms with E-state index >= 15 is 0 Å². The third kappa shape index (κ3) is 3.48. The summed E-state index contributed by atoms with van der Waals surface area (Å²) in [5, 5.41) is 6.19. The Bertz CT molecular complexity index is 931. The zero-order valence-electron chi connectivity index (χ0n) is 16.3. The summed E-state index contributed by atoms with van der Waals surface area (Å²) >= 11 is 0. The van der Waals surface area contributed by atoms with Crippen LogP contribution in [-0.2, 0) is 4.79 Å². The zero-order chi connectivity index (χ0) is 19.8. The lowest BCUT2D eigenvalue weighted by atomic mass is 9.72. The molecule has 2 saturated carbocycles. The fourth-order valence-corrected chi connectivity index (χ4v) is 4.72. The standard InChI is InChI=1S/C21H25N5O2/c1-14-5-3-6-17(23-14)25-19(28)20-8-4-9-21(13-20,11-10-20)26-18(27)16-7-12-22-15(2)24-16/h3,5-7,12H,4,8-11,13H2,1-2H3,(H,26,27)(H,23,25,28). The first-order valence-corrected chi connectivity index (χ1v) is 9.77. The van der Waals surface area contributed by atoms with Crippen LogP contribution in [0.4, 0.5) is 5.82 Å². The van der Waals surface area contributed by atoms with E-state index in [9.17, 15) is 9.59 Å². The molecule has 2 N–H and O–H groups in total. The summed E-state index contributed by atoms with van der Waals surface area (Å²) in [5.41, 5.74) is 0.454. The van der Waals surface area contributed by atoms with Gasteiger partial charge in [0.25, 0.3) is 5.91 Å². The van der Waals surface area contributed by atoms with Crippen molar-refractivity contribution < 1.29 is 9.59 Å². The third-order valence-corrected chi connectivity index (χ3v) is 6.07. The Balaban J connectivity index is 1.49. The Morgan fingerprint density at radius 1 is 1.04 bits per heavy atom. The highest BCUT2D eigenvalue weighted by molar-refractivity contribution is 5.96. The molecule has 2 aromatic heterocycles. The van der Waals surface area contributed by atoms with E-state index in [0.29, 0.717) is 23.8 Å². The maximum atomic E-state index is 13.1. The van der Waals surface area contributed by atoms with Gasteiger partial charge in [0.2, 0.25) is 5.91 Å². The molecule has 7 heteroatoms. The van der Waals surface area contributed by atoms with Gasteiger partial charge in [-0.25, -0.2) is 15.0 Å². The summed E-state index contributed by atoms with van der Waals surface area (Å²) in [5.74, 6) is 0.978. The van der Waals surface area contributed by atoms with Crippen molar-refractivity contribution in [3.8, 4) is 0 Å². The van der Waals surface area contributed by atoms with E-state index in [2.05, 4.69) is 25.6 Å². The second kappa shape index (κ2) is 6.96. The van der Waals surface area contributed by atoms with Crippen LogP contribution in [0.1, 0.15) is 60.5 Å². The molecule has 2 aromatic rings. The van der Waals surface area contributed by atoms with Crippen LogP contribution >= 0.6 is 0 Å². The average Bonchev–Trinajstić information content (AvgIpc) is 2.93. The number of nitrogens with one attached hydrogen (secondary N) is 2. The van der Waals surface area contributed by atoms with Crippen LogP contribution < -0.4 is 10.6 Å². The molecule has 4 rings (SSSR count). The van der Waals surface area contributed by atoms with Gasteiger partial charge in [-0.05, 0) is 64.2 Å². The molecule has 2 unspecified atom stereocenters. The van der Waals surface area contributed by atoms with Gasteiger partial charge in [0.05, 0.1) is 5.41 Å². The largest absolute Gasteiger partial charge is 0.345 e. The third-order valence-electron chi connectivity index (χ3n) is 6.07. The van der Waals surface area contributed by atoms with E-state index in [4.69, 9.17) is 0 Å². The Morgan fingerprint density at radius 3 is 2.68 bits per heavy atom. The van der Waals surface area contributed by atoms with Gasteiger partial charge in [0, 0.05) is 17.4 Å². The molecule has 2 aliphatic carbocycles. The topological polar surface area (TPSA) is 96.9 Å². The van der Waals surface area contributed by atoms with Crippen molar-refractivity contribution in [1.82, 2.24) is 20.3 Å². The van der Waals surface area contributed by atoms with Crippen molar-refractivity contribution in [1.29, 1.82) is 0 Å². The maximum Gasteiger partial charge on any atom is 0.270 e.